The predicted octanol–water partition coefficient (Wildman–Crippen LogP) is 0.863. The van der Waals surface area contributed by atoms with Crippen molar-refractivity contribution in [2.24, 2.45) is 0 Å². The van der Waals surface area contributed by atoms with Crippen LogP contribution in [-0.2, 0) is 6.54 Å². The van der Waals surface area contributed by atoms with E-state index in [1.165, 1.54) is 17.0 Å². The summed E-state index contributed by atoms with van der Waals surface area (Å²) in [6.45, 7) is 3.37. The average Bonchev–Trinajstić information content (AvgIpc) is 2.53. The van der Waals surface area contributed by atoms with Crippen molar-refractivity contribution in [1.82, 2.24) is 4.57 Å². The van der Waals surface area contributed by atoms with Crippen LogP contribution in [0.1, 0.15) is 19.8 Å². The molecule has 1 nitrogen and oxygen atoms in total. The van der Waals surface area contributed by atoms with Gasteiger partial charge in [-0.25, -0.2) is 0 Å². The highest BCUT2D eigenvalue weighted by Crippen LogP contribution is 1.91. The molecule has 0 atom stereocenters. The lowest BCUT2D eigenvalue weighted by molar-refractivity contribution is 0.666. The third-order valence-corrected chi connectivity index (χ3v) is 2.15. The smallest absolute Gasteiger partial charge is 0.0439 e. The van der Waals surface area contributed by atoms with Gasteiger partial charge in [0.05, 0.1) is 0 Å². The standard InChI is InChI=1S/C10H13N/c1-2-7-11-8-6-9-4-3-5-10(9)11/h4-6,8H,2-3,7H2,1H3. The predicted molar refractivity (Wildman–Crippen MR) is 47.5 cm³/mol. The maximum Gasteiger partial charge on any atom is 0.0439 e. The Morgan fingerprint density at radius 3 is 3.18 bits per heavy atom. The van der Waals surface area contributed by atoms with Crippen molar-refractivity contribution in [3.63, 3.8) is 0 Å². The molecule has 0 amide bonds. The molecular formula is C10H13N. The highest BCUT2D eigenvalue weighted by molar-refractivity contribution is 5.44. The molecule has 1 aliphatic carbocycles. The van der Waals surface area contributed by atoms with Crippen LogP contribution in [0.5, 0.6) is 0 Å². The van der Waals surface area contributed by atoms with E-state index in [0.717, 1.165) is 13.0 Å². The summed E-state index contributed by atoms with van der Waals surface area (Å²) >= 11 is 0. The van der Waals surface area contributed by atoms with Crippen LogP contribution in [-0.4, -0.2) is 4.57 Å². The lowest BCUT2D eigenvalue weighted by atomic mass is 10.4. The Kier molecular flexibility index (Phi) is 1.57. The van der Waals surface area contributed by atoms with E-state index in [-0.39, 0.29) is 0 Å². The summed E-state index contributed by atoms with van der Waals surface area (Å²) in [6.07, 6.45) is 9.09. The van der Waals surface area contributed by atoms with Gasteiger partial charge in [0.15, 0.2) is 0 Å². The quantitative estimate of drug-likeness (QED) is 0.585. The van der Waals surface area contributed by atoms with E-state index >= 15 is 0 Å². The van der Waals surface area contributed by atoms with Crippen LogP contribution in [0.4, 0.5) is 0 Å². The molecule has 1 heteroatoms. The second-order valence-electron chi connectivity index (χ2n) is 2.99. The molecule has 11 heavy (non-hydrogen) atoms. The lowest BCUT2D eigenvalue weighted by Gasteiger charge is -1.97. The first-order valence-corrected chi connectivity index (χ1v) is 4.27. The second-order valence-corrected chi connectivity index (χ2v) is 2.99. The van der Waals surface area contributed by atoms with Crippen LogP contribution in [0, 0.1) is 0 Å². The molecule has 58 valence electrons. The highest BCUT2D eigenvalue weighted by atomic mass is 14.9. The minimum Gasteiger partial charge on any atom is -0.348 e. The fourth-order valence-electron chi connectivity index (χ4n) is 1.64. The maximum absolute atomic E-state index is 2.33. The minimum atomic E-state index is 1.12. The van der Waals surface area contributed by atoms with Crippen molar-refractivity contribution in [2.75, 3.05) is 0 Å². The number of hydrogen-bond acceptors (Lipinski definition) is 0. The van der Waals surface area contributed by atoms with Gasteiger partial charge in [0, 0.05) is 18.1 Å². The van der Waals surface area contributed by atoms with Crippen molar-refractivity contribution >= 4 is 12.2 Å². The van der Waals surface area contributed by atoms with Crippen molar-refractivity contribution in [2.45, 2.75) is 26.3 Å². The SMILES string of the molecule is CCCn1ccc2c1=CCC=2. The number of hydrogen-bond donors (Lipinski definition) is 0. The molecule has 0 fully saturated rings. The van der Waals surface area contributed by atoms with E-state index in [9.17, 15) is 0 Å². The fourth-order valence-corrected chi connectivity index (χ4v) is 1.64. The third-order valence-electron chi connectivity index (χ3n) is 2.15. The maximum atomic E-state index is 2.33. The summed E-state index contributed by atoms with van der Waals surface area (Å²) in [5, 5.41) is 2.84. The van der Waals surface area contributed by atoms with Gasteiger partial charge in [0.1, 0.15) is 0 Å². The summed E-state index contributed by atoms with van der Waals surface area (Å²) in [5.41, 5.74) is 0. The number of nitrogens with zero attached hydrogens (tertiary/aromatic N) is 1. The lowest BCUT2D eigenvalue weighted by Crippen LogP contribution is -2.25. The van der Waals surface area contributed by atoms with Crippen molar-refractivity contribution in [3.8, 4) is 0 Å². The molecule has 0 unspecified atom stereocenters. The van der Waals surface area contributed by atoms with E-state index in [0.29, 0.717) is 0 Å². The van der Waals surface area contributed by atoms with E-state index in [2.05, 4.69) is 35.9 Å². The molecular weight excluding hydrogens is 134 g/mol. The van der Waals surface area contributed by atoms with Crippen molar-refractivity contribution in [1.29, 1.82) is 0 Å². The summed E-state index contributed by atoms with van der Waals surface area (Å²) < 4.78 is 2.33. The zero-order chi connectivity index (χ0) is 7.68. The number of rotatable bonds is 2. The summed E-state index contributed by atoms with van der Waals surface area (Å²) in [4.78, 5) is 0. The Hall–Kier alpha value is -0.980. The van der Waals surface area contributed by atoms with Crippen LogP contribution in [0.25, 0.3) is 12.2 Å². The molecule has 0 spiro atoms. The number of aromatic nitrogens is 1. The van der Waals surface area contributed by atoms with Gasteiger partial charge in [-0.05, 0) is 24.1 Å². The molecule has 1 heterocycles. The first kappa shape index (κ1) is 6.71. The fraction of sp³-hybridized carbons (Fsp3) is 0.400. The largest absolute Gasteiger partial charge is 0.348 e. The Morgan fingerprint density at radius 1 is 1.45 bits per heavy atom. The van der Waals surface area contributed by atoms with Gasteiger partial charge in [-0.3, -0.25) is 0 Å². The van der Waals surface area contributed by atoms with Crippen LogP contribution in [0.2, 0.25) is 0 Å². The van der Waals surface area contributed by atoms with Gasteiger partial charge in [-0.1, -0.05) is 19.1 Å². The van der Waals surface area contributed by atoms with Crippen LogP contribution >= 0.6 is 0 Å². The Balaban J connectivity index is 2.52. The van der Waals surface area contributed by atoms with Gasteiger partial charge in [0.25, 0.3) is 0 Å². The summed E-state index contributed by atoms with van der Waals surface area (Å²) in [7, 11) is 0. The summed E-state index contributed by atoms with van der Waals surface area (Å²) in [5.74, 6) is 0. The molecule has 1 aromatic rings. The number of fused-ring (bicyclic) bond motifs is 1. The molecule has 0 N–H and O–H groups in total. The van der Waals surface area contributed by atoms with Crippen LogP contribution in [0.3, 0.4) is 0 Å². The van der Waals surface area contributed by atoms with E-state index < -0.39 is 0 Å². The Bertz CT molecular complexity index is 357. The van der Waals surface area contributed by atoms with Gasteiger partial charge in [-0.2, -0.15) is 0 Å². The van der Waals surface area contributed by atoms with Gasteiger partial charge >= 0.3 is 0 Å². The van der Waals surface area contributed by atoms with Crippen molar-refractivity contribution < 1.29 is 0 Å². The van der Waals surface area contributed by atoms with Gasteiger partial charge in [0.2, 0.25) is 0 Å². The summed E-state index contributed by atoms with van der Waals surface area (Å²) in [6, 6.07) is 2.20. The molecule has 0 aromatic carbocycles. The molecule has 0 radical (unpaired) electrons. The number of aryl methyl sites for hydroxylation is 1. The molecule has 0 bridgehead atoms. The highest BCUT2D eigenvalue weighted by Gasteiger charge is 1.97. The monoisotopic (exact) mass is 147 g/mol. The molecule has 0 aliphatic heterocycles. The van der Waals surface area contributed by atoms with E-state index in [1.807, 2.05) is 0 Å². The van der Waals surface area contributed by atoms with Crippen LogP contribution in [0.15, 0.2) is 12.3 Å². The molecule has 2 rings (SSSR count). The molecule has 1 aromatic heterocycles. The first-order chi connectivity index (χ1) is 5.42. The zero-order valence-electron chi connectivity index (χ0n) is 6.88. The van der Waals surface area contributed by atoms with Gasteiger partial charge in [-0.15, -0.1) is 0 Å². The topological polar surface area (TPSA) is 4.93 Å². The first-order valence-electron chi connectivity index (χ1n) is 4.27. The molecule has 0 saturated heterocycles. The minimum absolute atomic E-state index is 1.12. The molecule has 1 aliphatic rings. The molecule has 0 saturated carbocycles. The zero-order valence-corrected chi connectivity index (χ0v) is 6.88. The van der Waals surface area contributed by atoms with Gasteiger partial charge < -0.3 is 4.57 Å². The second kappa shape index (κ2) is 2.57. The van der Waals surface area contributed by atoms with Crippen molar-refractivity contribution in [3.05, 3.63) is 22.8 Å². The van der Waals surface area contributed by atoms with E-state index in [4.69, 9.17) is 0 Å². The normalized spacial score (nSPS) is 13.9. The average molecular weight is 147 g/mol. The van der Waals surface area contributed by atoms with Crippen LogP contribution < -0.4 is 10.6 Å². The third kappa shape index (κ3) is 1.01. The Morgan fingerprint density at radius 2 is 2.36 bits per heavy atom. The van der Waals surface area contributed by atoms with E-state index in [1.54, 1.807) is 0 Å². The Labute approximate surface area is 66.7 Å².